The third-order valence-corrected chi connectivity index (χ3v) is 3.85. The highest BCUT2D eigenvalue weighted by Gasteiger charge is 2.19. The summed E-state index contributed by atoms with van der Waals surface area (Å²) in [7, 11) is 3.36. The molecule has 1 aliphatic carbocycles. The van der Waals surface area contributed by atoms with Crippen molar-refractivity contribution in [2.75, 3.05) is 20.8 Å². The van der Waals surface area contributed by atoms with Crippen LogP contribution in [0.2, 0.25) is 0 Å². The summed E-state index contributed by atoms with van der Waals surface area (Å²) in [5.41, 5.74) is 1.33. The molecule has 1 saturated carbocycles. The van der Waals surface area contributed by atoms with Gasteiger partial charge in [0, 0.05) is 6.04 Å². The Hall–Kier alpha value is -1.22. The number of methoxy groups -OCH3 is 2. The number of benzene rings is 1. The van der Waals surface area contributed by atoms with Crippen LogP contribution in [0, 0.1) is 0 Å². The van der Waals surface area contributed by atoms with E-state index in [1.165, 1.54) is 50.6 Å². The van der Waals surface area contributed by atoms with E-state index >= 15 is 0 Å². The van der Waals surface area contributed by atoms with Gasteiger partial charge in [0.15, 0.2) is 11.5 Å². The molecule has 0 unspecified atom stereocenters. The molecule has 0 saturated heterocycles. The lowest BCUT2D eigenvalue weighted by Crippen LogP contribution is -2.17. The van der Waals surface area contributed by atoms with Crippen molar-refractivity contribution in [2.24, 2.45) is 0 Å². The van der Waals surface area contributed by atoms with E-state index in [-0.39, 0.29) is 0 Å². The summed E-state index contributed by atoms with van der Waals surface area (Å²) < 4.78 is 10.6. The van der Waals surface area contributed by atoms with Gasteiger partial charge in [-0.2, -0.15) is 0 Å². The van der Waals surface area contributed by atoms with Gasteiger partial charge in [-0.05, 0) is 56.3 Å². The van der Waals surface area contributed by atoms with Gasteiger partial charge in [0.1, 0.15) is 0 Å². The molecule has 1 fully saturated rings. The lowest BCUT2D eigenvalue weighted by Gasteiger charge is -2.09. The van der Waals surface area contributed by atoms with Crippen LogP contribution in [0.3, 0.4) is 0 Å². The van der Waals surface area contributed by atoms with Crippen molar-refractivity contribution < 1.29 is 9.47 Å². The number of ether oxygens (including phenoxy) is 2. The van der Waals surface area contributed by atoms with Crippen LogP contribution in [0.15, 0.2) is 18.2 Å². The van der Waals surface area contributed by atoms with Crippen molar-refractivity contribution in [3.63, 3.8) is 0 Å². The largest absolute Gasteiger partial charge is 0.493 e. The molecule has 0 aromatic heterocycles. The second-order valence-corrected chi connectivity index (χ2v) is 5.58. The average molecular weight is 277 g/mol. The summed E-state index contributed by atoms with van der Waals surface area (Å²) in [6, 6.07) is 7.07. The normalized spacial score (nSPS) is 14.3. The van der Waals surface area contributed by atoms with Crippen molar-refractivity contribution in [1.82, 2.24) is 5.32 Å². The van der Waals surface area contributed by atoms with Crippen LogP contribution in [0.25, 0.3) is 0 Å². The zero-order valence-electron chi connectivity index (χ0n) is 12.8. The summed E-state index contributed by atoms with van der Waals surface area (Å²) in [6.07, 6.45) is 9.09. The fraction of sp³-hybridized carbons (Fsp3) is 0.647. The van der Waals surface area contributed by atoms with E-state index < -0.39 is 0 Å². The highest BCUT2D eigenvalue weighted by Crippen LogP contribution is 2.28. The van der Waals surface area contributed by atoms with Gasteiger partial charge in [-0.15, -0.1) is 0 Å². The van der Waals surface area contributed by atoms with Crippen LogP contribution in [-0.2, 0) is 6.42 Å². The predicted octanol–water partition coefficient (Wildman–Crippen LogP) is 3.56. The maximum Gasteiger partial charge on any atom is 0.160 e. The van der Waals surface area contributed by atoms with Crippen LogP contribution < -0.4 is 14.8 Å². The number of rotatable bonds is 10. The molecule has 1 aromatic carbocycles. The Morgan fingerprint density at radius 2 is 1.75 bits per heavy atom. The number of hydrogen-bond acceptors (Lipinski definition) is 3. The first kappa shape index (κ1) is 15.2. The quantitative estimate of drug-likeness (QED) is 0.663. The Labute approximate surface area is 122 Å². The molecule has 2 rings (SSSR count). The fourth-order valence-corrected chi connectivity index (χ4v) is 2.44. The standard InChI is InChI=1S/C17H27NO2/c1-19-16-11-8-14(13-17(16)20-2)7-5-3-4-6-12-18-15-9-10-15/h8,11,13,15,18H,3-7,9-10,12H2,1-2H3. The number of nitrogens with one attached hydrogen (secondary N) is 1. The second kappa shape index (κ2) is 8.15. The Kier molecular flexibility index (Phi) is 6.19. The van der Waals surface area contributed by atoms with Gasteiger partial charge in [-0.25, -0.2) is 0 Å². The molecule has 0 atom stereocenters. The zero-order chi connectivity index (χ0) is 14.2. The summed E-state index contributed by atoms with van der Waals surface area (Å²) in [4.78, 5) is 0. The van der Waals surface area contributed by atoms with Gasteiger partial charge in [0.25, 0.3) is 0 Å². The molecule has 1 N–H and O–H groups in total. The van der Waals surface area contributed by atoms with Gasteiger partial charge >= 0.3 is 0 Å². The van der Waals surface area contributed by atoms with Crippen molar-refractivity contribution in [3.8, 4) is 11.5 Å². The monoisotopic (exact) mass is 277 g/mol. The highest BCUT2D eigenvalue weighted by molar-refractivity contribution is 5.42. The minimum atomic E-state index is 0.808. The van der Waals surface area contributed by atoms with Gasteiger partial charge in [-0.1, -0.05) is 18.9 Å². The van der Waals surface area contributed by atoms with E-state index in [0.717, 1.165) is 24.0 Å². The first-order chi connectivity index (χ1) is 9.83. The van der Waals surface area contributed by atoms with Crippen LogP contribution >= 0.6 is 0 Å². The lowest BCUT2D eigenvalue weighted by atomic mass is 10.1. The van der Waals surface area contributed by atoms with E-state index in [1.54, 1.807) is 14.2 Å². The molecule has 0 spiro atoms. The van der Waals surface area contributed by atoms with Crippen molar-refractivity contribution in [1.29, 1.82) is 0 Å². The molecule has 0 radical (unpaired) electrons. The Morgan fingerprint density at radius 1 is 1.00 bits per heavy atom. The summed E-state index contributed by atoms with van der Waals surface area (Å²) in [5, 5.41) is 3.56. The zero-order valence-corrected chi connectivity index (χ0v) is 12.8. The number of unbranched alkanes of at least 4 members (excludes halogenated alkanes) is 3. The minimum absolute atomic E-state index is 0.808. The Bertz CT molecular complexity index is 402. The minimum Gasteiger partial charge on any atom is -0.493 e. The third kappa shape index (κ3) is 5.04. The summed E-state index contributed by atoms with van der Waals surface area (Å²) >= 11 is 0. The molecule has 20 heavy (non-hydrogen) atoms. The smallest absolute Gasteiger partial charge is 0.160 e. The average Bonchev–Trinajstić information content (AvgIpc) is 3.30. The number of hydrogen-bond donors (Lipinski definition) is 1. The Balaban J connectivity index is 1.60. The van der Waals surface area contributed by atoms with Crippen LogP contribution in [0.4, 0.5) is 0 Å². The van der Waals surface area contributed by atoms with Gasteiger partial charge in [-0.3, -0.25) is 0 Å². The maximum atomic E-state index is 5.33. The van der Waals surface area contributed by atoms with E-state index in [2.05, 4.69) is 17.4 Å². The van der Waals surface area contributed by atoms with E-state index in [9.17, 15) is 0 Å². The fourth-order valence-electron chi connectivity index (χ4n) is 2.44. The topological polar surface area (TPSA) is 30.5 Å². The highest BCUT2D eigenvalue weighted by atomic mass is 16.5. The lowest BCUT2D eigenvalue weighted by molar-refractivity contribution is 0.354. The predicted molar refractivity (Wildman–Crippen MR) is 82.7 cm³/mol. The maximum absolute atomic E-state index is 5.33. The molecule has 0 bridgehead atoms. The van der Waals surface area contributed by atoms with Crippen LogP contribution in [0.1, 0.15) is 44.1 Å². The van der Waals surface area contributed by atoms with Crippen LogP contribution in [0.5, 0.6) is 11.5 Å². The van der Waals surface area contributed by atoms with E-state index in [0.29, 0.717) is 0 Å². The Morgan fingerprint density at radius 3 is 2.45 bits per heavy atom. The molecule has 112 valence electrons. The van der Waals surface area contributed by atoms with Crippen molar-refractivity contribution >= 4 is 0 Å². The van der Waals surface area contributed by atoms with Gasteiger partial charge < -0.3 is 14.8 Å². The van der Waals surface area contributed by atoms with Gasteiger partial charge in [0.05, 0.1) is 14.2 Å². The van der Waals surface area contributed by atoms with E-state index in [4.69, 9.17) is 9.47 Å². The first-order valence-electron chi connectivity index (χ1n) is 7.78. The molecule has 3 nitrogen and oxygen atoms in total. The number of aryl methyl sites for hydroxylation is 1. The molecule has 0 aliphatic heterocycles. The van der Waals surface area contributed by atoms with Crippen molar-refractivity contribution in [3.05, 3.63) is 23.8 Å². The van der Waals surface area contributed by atoms with Crippen LogP contribution in [-0.4, -0.2) is 26.8 Å². The third-order valence-electron chi connectivity index (χ3n) is 3.85. The summed E-state index contributed by atoms with van der Waals surface area (Å²) in [5.74, 6) is 1.64. The van der Waals surface area contributed by atoms with Crippen molar-refractivity contribution in [2.45, 2.75) is 51.0 Å². The molecule has 0 amide bonds. The SMILES string of the molecule is COc1ccc(CCCCCCNC2CC2)cc1OC. The van der Waals surface area contributed by atoms with E-state index in [1.807, 2.05) is 6.07 Å². The second-order valence-electron chi connectivity index (χ2n) is 5.58. The molecule has 3 heteroatoms. The molecule has 1 aromatic rings. The molecular weight excluding hydrogens is 250 g/mol. The molecule has 1 aliphatic rings. The van der Waals surface area contributed by atoms with Gasteiger partial charge in [0.2, 0.25) is 0 Å². The molecular formula is C17H27NO2. The molecule has 0 heterocycles. The first-order valence-corrected chi connectivity index (χ1v) is 7.78. The summed E-state index contributed by atoms with van der Waals surface area (Å²) in [6.45, 7) is 1.20.